The van der Waals surface area contributed by atoms with Gasteiger partial charge in [-0.25, -0.2) is 0 Å². The van der Waals surface area contributed by atoms with E-state index in [2.05, 4.69) is 54.6 Å². The number of hydrogen-bond donors (Lipinski definition) is 1. The summed E-state index contributed by atoms with van der Waals surface area (Å²) in [4.78, 5) is 10.6. The highest BCUT2D eigenvalue weighted by Gasteiger charge is 2.21. The van der Waals surface area contributed by atoms with Gasteiger partial charge in [0.1, 0.15) is 5.75 Å². The predicted molar refractivity (Wildman–Crippen MR) is 111 cm³/mol. The average Bonchev–Trinajstić information content (AvgIpc) is 3.04. The number of aryl methyl sites for hydroxylation is 1. The standard InChI is InChI=1S/C25H22O3/c26-25(27)16-13-18-11-14-19(15-12-18)28-17-5-10-24-22-8-3-1-6-20(22)21-7-2-4-9-23(21)24/h1-4,6-12,14-15H,5,13,16-17H2,(H,26,27). The first kappa shape index (κ1) is 18.1. The maximum atomic E-state index is 10.6. The fraction of sp³-hybridized carbons (Fsp3) is 0.160. The Bertz CT molecular complexity index is 968. The number of aliphatic carboxylic acids is 1. The van der Waals surface area contributed by atoms with Crippen LogP contribution >= 0.6 is 0 Å². The van der Waals surface area contributed by atoms with Crippen LogP contribution in [0.5, 0.6) is 5.75 Å². The van der Waals surface area contributed by atoms with Crippen molar-refractivity contribution in [3.05, 3.63) is 95.6 Å². The quantitative estimate of drug-likeness (QED) is 0.432. The molecule has 0 aliphatic heterocycles. The van der Waals surface area contributed by atoms with Crippen molar-refractivity contribution in [2.75, 3.05) is 6.61 Å². The van der Waals surface area contributed by atoms with Crippen molar-refractivity contribution in [1.82, 2.24) is 0 Å². The fourth-order valence-corrected chi connectivity index (χ4v) is 3.65. The Hall–Kier alpha value is -3.33. The number of benzene rings is 3. The Kier molecular flexibility index (Phi) is 5.24. The van der Waals surface area contributed by atoms with Gasteiger partial charge in [0.15, 0.2) is 0 Å². The largest absolute Gasteiger partial charge is 0.493 e. The minimum atomic E-state index is -0.775. The summed E-state index contributed by atoms with van der Waals surface area (Å²) in [5.74, 6) is 0.0353. The van der Waals surface area contributed by atoms with Gasteiger partial charge in [0, 0.05) is 12.8 Å². The van der Waals surface area contributed by atoms with Crippen molar-refractivity contribution in [3.8, 4) is 16.9 Å². The normalized spacial score (nSPS) is 11.6. The van der Waals surface area contributed by atoms with E-state index in [1.807, 2.05) is 24.3 Å². The molecule has 0 atom stereocenters. The first-order valence-electron chi connectivity index (χ1n) is 9.55. The van der Waals surface area contributed by atoms with Crippen LogP contribution in [-0.4, -0.2) is 17.7 Å². The molecule has 1 aliphatic rings. The Labute approximate surface area is 164 Å². The van der Waals surface area contributed by atoms with E-state index in [9.17, 15) is 4.79 Å². The molecule has 1 aliphatic carbocycles. The highest BCUT2D eigenvalue weighted by atomic mass is 16.5. The van der Waals surface area contributed by atoms with E-state index < -0.39 is 5.97 Å². The van der Waals surface area contributed by atoms with E-state index in [4.69, 9.17) is 9.84 Å². The lowest BCUT2D eigenvalue weighted by molar-refractivity contribution is -0.136. The fourth-order valence-electron chi connectivity index (χ4n) is 3.65. The molecule has 0 unspecified atom stereocenters. The lowest BCUT2D eigenvalue weighted by Gasteiger charge is -2.07. The lowest BCUT2D eigenvalue weighted by atomic mass is 10.0. The number of rotatable bonds is 7. The molecule has 3 aromatic carbocycles. The SMILES string of the molecule is O=C(O)CCc1ccc(OCCC=C2c3ccccc3-c3ccccc32)cc1. The van der Waals surface area contributed by atoms with Crippen molar-refractivity contribution < 1.29 is 14.6 Å². The Balaban J connectivity index is 1.40. The monoisotopic (exact) mass is 370 g/mol. The molecule has 0 amide bonds. The van der Waals surface area contributed by atoms with Crippen molar-refractivity contribution in [2.24, 2.45) is 0 Å². The Morgan fingerprint density at radius 3 is 1.96 bits per heavy atom. The summed E-state index contributed by atoms with van der Waals surface area (Å²) in [5.41, 5.74) is 7.44. The number of carboxylic acid groups (broad SMARTS) is 1. The van der Waals surface area contributed by atoms with Crippen LogP contribution in [0.1, 0.15) is 29.5 Å². The zero-order valence-corrected chi connectivity index (χ0v) is 15.6. The molecule has 0 spiro atoms. The molecular formula is C25H22O3. The number of carbonyl (C=O) groups is 1. The van der Waals surface area contributed by atoms with Gasteiger partial charge in [-0.15, -0.1) is 0 Å². The summed E-state index contributed by atoms with van der Waals surface area (Å²) in [6.45, 7) is 0.600. The Morgan fingerprint density at radius 1 is 0.821 bits per heavy atom. The second-order valence-corrected chi connectivity index (χ2v) is 6.88. The van der Waals surface area contributed by atoms with Gasteiger partial charge < -0.3 is 9.84 Å². The zero-order valence-electron chi connectivity index (χ0n) is 15.6. The number of hydrogen-bond acceptors (Lipinski definition) is 2. The summed E-state index contributed by atoms with van der Waals surface area (Å²) in [6.07, 6.45) is 3.77. The summed E-state index contributed by atoms with van der Waals surface area (Å²) in [7, 11) is 0. The second-order valence-electron chi connectivity index (χ2n) is 6.88. The average molecular weight is 370 g/mol. The first-order valence-corrected chi connectivity index (χ1v) is 9.55. The second kappa shape index (κ2) is 8.13. The summed E-state index contributed by atoms with van der Waals surface area (Å²) < 4.78 is 5.86. The predicted octanol–water partition coefficient (Wildman–Crippen LogP) is 5.59. The molecule has 140 valence electrons. The van der Waals surface area contributed by atoms with Crippen LogP contribution in [0.3, 0.4) is 0 Å². The van der Waals surface area contributed by atoms with E-state index in [1.54, 1.807) is 0 Å². The number of ether oxygens (including phenoxy) is 1. The van der Waals surface area contributed by atoms with Crippen LogP contribution < -0.4 is 4.74 Å². The molecule has 0 saturated heterocycles. The van der Waals surface area contributed by atoms with Gasteiger partial charge in [-0.1, -0.05) is 66.7 Å². The van der Waals surface area contributed by atoms with Gasteiger partial charge in [0.05, 0.1) is 6.61 Å². The van der Waals surface area contributed by atoms with E-state index in [-0.39, 0.29) is 6.42 Å². The van der Waals surface area contributed by atoms with Crippen LogP contribution in [-0.2, 0) is 11.2 Å². The Morgan fingerprint density at radius 2 is 1.39 bits per heavy atom. The molecular weight excluding hydrogens is 348 g/mol. The molecule has 0 radical (unpaired) electrons. The molecule has 0 saturated carbocycles. The van der Waals surface area contributed by atoms with Crippen LogP contribution in [0.4, 0.5) is 0 Å². The molecule has 3 heteroatoms. The maximum absolute atomic E-state index is 10.6. The lowest BCUT2D eigenvalue weighted by Crippen LogP contribution is -1.98. The molecule has 0 aromatic heterocycles. The van der Waals surface area contributed by atoms with E-state index in [0.29, 0.717) is 13.0 Å². The molecule has 3 aromatic rings. The molecule has 1 N–H and O–H groups in total. The van der Waals surface area contributed by atoms with Crippen LogP contribution in [0.2, 0.25) is 0 Å². The third-order valence-corrected chi connectivity index (χ3v) is 5.01. The van der Waals surface area contributed by atoms with Gasteiger partial charge in [0.2, 0.25) is 0 Å². The molecule has 3 nitrogen and oxygen atoms in total. The highest BCUT2D eigenvalue weighted by molar-refractivity contribution is 6.01. The molecule has 0 bridgehead atoms. The van der Waals surface area contributed by atoms with E-state index in [1.165, 1.54) is 27.8 Å². The minimum Gasteiger partial charge on any atom is -0.493 e. The summed E-state index contributed by atoms with van der Waals surface area (Å²) >= 11 is 0. The van der Waals surface area contributed by atoms with Crippen molar-refractivity contribution in [1.29, 1.82) is 0 Å². The maximum Gasteiger partial charge on any atom is 0.303 e. The van der Waals surface area contributed by atoms with Crippen molar-refractivity contribution >= 4 is 11.5 Å². The highest BCUT2D eigenvalue weighted by Crippen LogP contribution is 2.43. The number of fused-ring (bicyclic) bond motifs is 3. The third-order valence-electron chi connectivity index (χ3n) is 5.01. The zero-order chi connectivity index (χ0) is 19.3. The van der Waals surface area contributed by atoms with Crippen LogP contribution in [0.25, 0.3) is 16.7 Å². The molecule has 0 fully saturated rings. The van der Waals surface area contributed by atoms with Crippen LogP contribution in [0, 0.1) is 0 Å². The van der Waals surface area contributed by atoms with Crippen molar-refractivity contribution in [3.63, 3.8) is 0 Å². The summed E-state index contributed by atoms with van der Waals surface area (Å²) in [6, 6.07) is 24.7. The van der Waals surface area contributed by atoms with Gasteiger partial charge >= 0.3 is 5.97 Å². The molecule has 4 rings (SSSR count). The van der Waals surface area contributed by atoms with Gasteiger partial charge in [-0.05, 0) is 51.9 Å². The topological polar surface area (TPSA) is 46.5 Å². The van der Waals surface area contributed by atoms with E-state index >= 15 is 0 Å². The van der Waals surface area contributed by atoms with Gasteiger partial charge in [-0.3, -0.25) is 4.79 Å². The molecule has 28 heavy (non-hydrogen) atoms. The van der Waals surface area contributed by atoms with Gasteiger partial charge in [-0.2, -0.15) is 0 Å². The first-order chi connectivity index (χ1) is 13.7. The van der Waals surface area contributed by atoms with Crippen LogP contribution in [0.15, 0.2) is 78.9 Å². The minimum absolute atomic E-state index is 0.150. The smallest absolute Gasteiger partial charge is 0.303 e. The third kappa shape index (κ3) is 3.84. The van der Waals surface area contributed by atoms with Gasteiger partial charge in [0.25, 0.3) is 0 Å². The summed E-state index contributed by atoms with van der Waals surface area (Å²) in [5, 5.41) is 8.75. The van der Waals surface area contributed by atoms with E-state index in [0.717, 1.165) is 17.7 Å². The van der Waals surface area contributed by atoms with Crippen molar-refractivity contribution in [2.45, 2.75) is 19.3 Å². The number of carboxylic acids is 1. The molecule has 0 heterocycles.